The number of aromatic nitrogens is 6. The van der Waals surface area contributed by atoms with Gasteiger partial charge in [-0.15, -0.1) is 10.2 Å². The van der Waals surface area contributed by atoms with Gasteiger partial charge in [0.05, 0.1) is 6.33 Å². The second-order valence-electron chi connectivity index (χ2n) is 10.6. The Hall–Kier alpha value is -2.75. The van der Waals surface area contributed by atoms with Crippen molar-refractivity contribution < 1.29 is 0 Å². The van der Waals surface area contributed by atoms with Gasteiger partial charge in [0.25, 0.3) is 5.78 Å². The molecular weight excluding hydrogens is 474 g/mol. The van der Waals surface area contributed by atoms with Gasteiger partial charge in [-0.1, -0.05) is 37.6 Å². The Bertz CT molecular complexity index is 1330. The second-order valence-corrected chi connectivity index (χ2v) is 11.1. The van der Waals surface area contributed by atoms with E-state index >= 15 is 0 Å². The van der Waals surface area contributed by atoms with Gasteiger partial charge in [-0.3, -0.25) is 4.90 Å². The first-order chi connectivity index (χ1) is 17.2. The van der Waals surface area contributed by atoms with Crippen LogP contribution in [-0.4, -0.2) is 84.7 Å². The summed E-state index contributed by atoms with van der Waals surface area (Å²) in [7, 11) is 4.16. The quantitative estimate of drug-likeness (QED) is 0.373. The summed E-state index contributed by atoms with van der Waals surface area (Å²) in [5.41, 5.74) is 3.20. The number of piperazine rings is 1. The zero-order valence-electron chi connectivity index (χ0n) is 22.0. The summed E-state index contributed by atoms with van der Waals surface area (Å²) >= 11 is 6.19. The van der Waals surface area contributed by atoms with Crippen molar-refractivity contribution in [2.45, 2.75) is 52.4 Å². The maximum absolute atomic E-state index is 6.19. The number of halogens is 1. The molecule has 10 heteroatoms. The molecule has 0 amide bonds. The zero-order chi connectivity index (χ0) is 25.6. The first-order valence-electron chi connectivity index (χ1n) is 12.7. The summed E-state index contributed by atoms with van der Waals surface area (Å²) < 4.78 is 4.12. The van der Waals surface area contributed by atoms with Crippen LogP contribution in [0.1, 0.15) is 39.3 Å². The first-order valence-corrected chi connectivity index (χ1v) is 13.1. The third kappa shape index (κ3) is 4.55. The lowest BCUT2D eigenvalue weighted by Gasteiger charge is -2.49. The van der Waals surface area contributed by atoms with E-state index in [1.54, 1.807) is 6.33 Å². The third-order valence-electron chi connectivity index (χ3n) is 7.28. The van der Waals surface area contributed by atoms with Gasteiger partial charge in [-0.25, -0.2) is 9.38 Å². The van der Waals surface area contributed by atoms with Crippen LogP contribution in [0, 0.1) is 5.92 Å². The highest BCUT2D eigenvalue weighted by molar-refractivity contribution is 6.30. The Balaban J connectivity index is 1.49. The molecule has 0 spiro atoms. The number of hydrogen-bond donors (Lipinski definition) is 0. The smallest absolute Gasteiger partial charge is 0.258 e. The van der Waals surface area contributed by atoms with Gasteiger partial charge < -0.3 is 14.4 Å². The Morgan fingerprint density at radius 3 is 2.50 bits per heavy atom. The van der Waals surface area contributed by atoms with Crippen LogP contribution < -0.4 is 4.90 Å². The molecule has 4 heterocycles. The summed E-state index contributed by atoms with van der Waals surface area (Å²) in [6, 6.07) is 9.23. The van der Waals surface area contributed by atoms with Crippen LogP contribution in [0.2, 0.25) is 5.02 Å². The molecule has 9 nitrogen and oxygen atoms in total. The fourth-order valence-electron chi connectivity index (χ4n) is 5.52. The van der Waals surface area contributed by atoms with Crippen molar-refractivity contribution >= 4 is 34.4 Å². The highest BCUT2D eigenvalue weighted by Gasteiger charge is 2.37. The molecule has 0 aliphatic carbocycles. The van der Waals surface area contributed by atoms with Gasteiger partial charge in [0.2, 0.25) is 0 Å². The van der Waals surface area contributed by atoms with Crippen LogP contribution >= 0.6 is 11.6 Å². The number of hydrogen-bond acceptors (Lipinski definition) is 7. The van der Waals surface area contributed by atoms with E-state index in [4.69, 9.17) is 21.6 Å². The fourth-order valence-corrected chi connectivity index (χ4v) is 5.64. The SMILES string of the molecule is CC(C)[C@H](c1ccc(Cl)cc1)N1C[C@H](C)N(c2nc3nncn3c3c2ncn3CCN(C)C)C[C@H]1C. The molecule has 1 aliphatic heterocycles. The molecule has 36 heavy (non-hydrogen) atoms. The molecule has 1 aliphatic rings. The Morgan fingerprint density at radius 2 is 1.81 bits per heavy atom. The van der Waals surface area contributed by atoms with Crippen molar-refractivity contribution in [3.63, 3.8) is 0 Å². The molecule has 192 valence electrons. The van der Waals surface area contributed by atoms with E-state index in [-0.39, 0.29) is 6.04 Å². The van der Waals surface area contributed by atoms with Crippen molar-refractivity contribution in [1.82, 2.24) is 38.9 Å². The van der Waals surface area contributed by atoms with Gasteiger partial charge in [-0.2, -0.15) is 4.98 Å². The Labute approximate surface area is 217 Å². The molecule has 5 rings (SSSR count). The molecule has 0 bridgehead atoms. The predicted molar refractivity (Wildman–Crippen MR) is 145 cm³/mol. The van der Waals surface area contributed by atoms with E-state index in [1.165, 1.54) is 5.56 Å². The molecule has 1 fully saturated rings. The van der Waals surface area contributed by atoms with E-state index in [0.717, 1.165) is 48.2 Å². The number of benzene rings is 1. The summed E-state index contributed by atoms with van der Waals surface area (Å²) in [4.78, 5) is 17.0. The van der Waals surface area contributed by atoms with Gasteiger partial charge >= 0.3 is 0 Å². The van der Waals surface area contributed by atoms with E-state index in [9.17, 15) is 0 Å². The second kappa shape index (κ2) is 9.95. The summed E-state index contributed by atoms with van der Waals surface area (Å²) in [6.45, 7) is 12.7. The molecule has 0 radical (unpaired) electrons. The number of anilines is 1. The third-order valence-corrected chi connectivity index (χ3v) is 7.53. The molecule has 1 saturated heterocycles. The van der Waals surface area contributed by atoms with Gasteiger partial charge in [0, 0.05) is 49.3 Å². The van der Waals surface area contributed by atoms with Crippen molar-refractivity contribution in [3.8, 4) is 0 Å². The molecule has 3 atom stereocenters. The predicted octanol–water partition coefficient (Wildman–Crippen LogP) is 3.99. The van der Waals surface area contributed by atoms with Crippen LogP contribution in [0.5, 0.6) is 0 Å². The minimum atomic E-state index is 0.253. The lowest BCUT2D eigenvalue weighted by atomic mass is 9.91. The number of likely N-dealkylation sites (N-methyl/N-ethyl adjacent to an activating group) is 1. The van der Waals surface area contributed by atoms with Crippen molar-refractivity contribution in [3.05, 3.63) is 47.5 Å². The van der Waals surface area contributed by atoms with Crippen LogP contribution in [-0.2, 0) is 6.54 Å². The maximum atomic E-state index is 6.19. The molecule has 3 aromatic heterocycles. The minimum absolute atomic E-state index is 0.253. The molecule has 0 saturated carbocycles. The Morgan fingerprint density at radius 1 is 1.06 bits per heavy atom. The van der Waals surface area contributed by atoms with Crippen molar-refractivity contribution in [1.29, 1.82) is 0 Å². The summed E-state index contributed by atoms with van der Waals surface area (Å²) in [5, 5.41) is 9.22. The first kappa shape index (κ1) is 24.9. The van der Waals surface area contributed by atoms with E-state index in [1.807, 2.05) is 22.9 Å². The van der Waals surface area contributed by atoms with E-state index in [2.05, 4.69) is 83.4 Å². The van der Waals surface area contributed by atoms with Crippen LogP contribution in [0.15, 0.2) is 36.9 Å². The Kier molecular flexibility index (Phi) is 6.89. The number of imidazole rings is 1. The van der Waals surface area contributed by atoms with E-state index < -0.39 is 0 Å². The maximum Gasteiger partial charge on any atom is 0.258 e. The molecular formula is C26H36ClN9. The summed E-state index contributed by atoms with van der Waals surface area (Å²) in [6.07, 6.45) is 3.64. The molecule has 1 aromatic carbocycles. The van der Waals surface area contributed by atoms with Gasteiger partial charge in [-0.05, 0) is 51.6 Å². The molecule has 0 N–H and O–H groups in total. The fraction of sp³-hybridized carbons (Fsp3) is 0.538. The molecule has 0 unspecified atom stereocenters. The van der Waals surface area contributed by atoms with Crippen molar-refractivity contribution in [2.75, 3.05) is 38.6 Å². The topological polar surface area (TPSA) is 70.6 Å². The van der Waals surface area contributed by atoms with Crippen molar-refractivity contribution in [2.24, 2.45) is 5.92 Å². The summed E-state index contributed by atoms with van der Waals surface area (Å²) in [5.74, 6) is 1.96. The standard InChI is InChI=1S/C26H36ClN9/c1-17(2)23(20-7-9-21(27)10-8-20)34-13-19(4)35(14-18(34)3)24-22-25(36-16-29-31-26(36)30-24)33(15-28-22)12-11-32(5)6/h7-10,15-19,23H,11-14H2,1-6H3/t18-,19+,23-/m1/s1. The number of nitrogens with zero attached hydrogens (tertiary/aromatic N) is 9. The van der Waals surface area contributed by atoms with Gasteiger partial charge in [0.15, 0.2) is 11.5 Å². The number of fused-ring (bicyclic) bond motifs is 3. The largest absolute Gasteiger partial charge is 0.349 e. The highest BCUT2D eigenvalue weighted by Crippen LogP contribution is 2.36. The molecule has 4 aromatic rings. The number of rotatable bonds is 7. The van der Waals surface area contributed by atoms with Gasteiger partial charge in [0.1, 0.15) is 11.8 Å². The monoisotopic (exact) mass is 509 g/mol. The average Bonchev–Trinajstić information content (AvgIpc) is 3.47. The zero-order valence-corrected chi connectivity index (χ0v) is 22.8. The van der Waals surface area contributed by atoms with Crippen LogP contribution in [0.25, 0.3) is 16.9 Å². The van der Waals surface area contributed by atoms with Crippen LogP contribution in [0.4, 0.5) is 5.82 Å². The van der Waals surface area contributed by atoms with E-state index in [0.29, 0.717) is 23.8 Å². The average molecular weight is 510 g/mol. The normalized spacial score (nSPS) is 20.3. The highest BCUT2D eigenvalue weighted by atomic mass is 35.5. The lowest BCUT2D eigenvalue weighted by Crippen LogP contribution is -2.58. The lowest BCUT2D eigenvalue weighted by molar-refractivity contribution is 0.0822. The van der Waals surface area contributed by atoms with Crippen LogP contribution in [0.3, 0.4) is 0 Å². The minimum Gasteiger partial charge on any atom is -0.349 e.